The smallest absolute Gasteiger partial charge is 0.0991 e. The summed E-state index contributed by atoms with van der Waals surface area (Å²) in [5, 5.41) is 8.68. The molecule has 0 amide bonds. The van der Waals surface area contributed by atoms with Crippen LogP contribution in [0.3, 0.4) is 0 Å². The van der Waals surface area contributed by atoms with Crippen LogP contribution in [0.4, 0.5) is 0 Å². The van der Waals surface area contributed by atoms with Gasteiger partial charge < -0.3 is 0 Å². The summed E-state index contributed by atoms with van der Waals surface area (Å²) in [6, 6.07) is 10.2. The molecule has 2 nitrogen and oxygen atoms in total. The van der Waals surface area contributed by atoms with E-state index in [1.165, 1.54) is 32.1 Å². The summed E-state index contributed by atoms with van der Waals surface area (Å²) in [4.78, 5) is 4.60. The zero-order valence-corrected chi connectivity index (χ0v) is 9.39. The van der Waals surface area contributed by atoms with Crippen molar-refractivity contribution in [3.05, 3.63) is 35.4 Å². The monoisotopic (exact) mass is 212 g/mol. The van der Waals surface area contributed by atoms with Crippen molar-refractivity contribution in [2.45, 2.75) is 38.1 Å². The lowest BCUT2D eigenvalue weighted by molar-refractivity contribution is 0.444. The third kappa shape index (κ3) is 2.93. The van der Waals surface area contributed by atoms with E-state index in [1.54, 1.807) is 0 Å². The zero-order chi connectivity index (χ0) is 11.2. The molecule has 2 rings (SSSR count). The van der Waals surface area contributed by atoms with Crippen LogP contribution in [0.5, 0.6) is 0 Å². The maximum atomic E-state index is 8.68. The molecule has 1 aliphatic carbocycles. The highest BCUT2D eigenvalue weighted by atomic mass is 14.8. The van der Waals surface area contributed by atoms with Gasteiger partial charge in [0.25, 0.3) is 0 Å². The second-order valence-corrected chi connectivity index (χ2v) is 4.30. The Kier molecular flexibility index (Phi) is 3.71. The van der Waals surface area contributed by atoms with Crippen molar-refractivity contribution in [1.29, 1.82) is 5.26 Å². The fourth-order valence-corrected chi connectivity index (χ4v) is 2.07. The zero-order valence-electron chi connectivity index (χ0n) is 9.39. The number of aliphatic imine (C=N–C) groups is 1. The number of nitrogens with zero attached hydrogens (tertiary/aromatic N) is 2. The molecule has 0 aliphatic heterocycles. The highest BCUT2D eigenvalue weighted by Crippen LogP contribution is 2.20. The van der Waals surface area contributed by atoms with Crippen LogP contribution in [0.1, 0.15) is 43.2 Å². The van der Waals surface area contributed by atoms with Gasteiger partial charge in [-0.25, -0.2) is 0 Å². The normalized spacial score (nSPS) is 17.4. The lowest BCUT2D eigenvalue weighted by atomic mass is 9.96. The molecule has 1 fully saturated rings. The molecular weight excluding hydrogens is 196 g/mol. The molecule has 1 saturated carbocycles. The molecule has 0 N–H and O–H groups in total. The van der Waals surface area contributed by atoms with Gasteiger partial charge >= 0.3 is 0 Å². The molecule has 1 aliphatic rings. The molecule has 0 atom stereocenters. The molecule has 1 aromatic carbocycles. The van der Waals surface area contributed by atoms with Crippen molar-refractivity contribution in [1.82, 2.24) is 0 Å². The van der Waals surface area contributed by atoms with E-state index < -0.39 is 0 Å². The Morgan fingerprint density at radius 2 is 1.81 bits per heavy atom. The highest BCUT2D eigenvalue weighted by molar-refractivity contribution is 5.79. The summed E-state index contributed by atoms with van der Waals surface area (Å²) < 4.78 is 0. The summed E-state index contributed by atoms with van der Waals surface area (Å²) in [6.07, 6.45) is 8.39. The fraction of sp³-hybridized carbons (Fsp3) is 0.429. The Morgan fingerprint density at radius 1 is 1.12 bits per heavy atom. The van der Waals surface area contributed by atoms with Crippen LogP contribution in [0.15, 0.2) is 29.3 Å². The van der Waals surface area contributed by atoms with Crippen molar-refractivity contribution < 1.29 is 0 Å². The number of rotatable bonds is 2. The van der Waals surface area contributed by atoms with Gasteiger partial charge in [-0.05, 0) is 30.5 Å². The van der Waals surface area contributed by atoms with Gasteiger partial charge in [0, 0.05) is 12.3 Å². The minimum Gasteiger partial charge on any atom is -0.289 e. The number of hydrogen-bond acceptors (Lipinski definition) is 2. The highest BCUT2D eigenvalue weighted by Gasteiger charge is 2.10. The molecule has 82 valence electrons. The molecule has 0 unspecified atom stereocenters. The topological polar surface area (TPSA) is 36.1 Å². The van der Waals surface area contributed by atoms with E-state index in [2.05, 4.69) is 11.1 Å². The van der Waals surface area contributed by atoms with Crippen molar-refractivity contribution >= 4 is 6.21 Å². The minimum absolute atomic E-state index is 0.518. The predicted octanol–water partition coefficient (Wildman–Crippen LogP) is 3.31. The van der Waals surface area contributed by atoms with Crippen LogP contribution >= 0.6 is 0 Å². The van der Waals surface area contributed by atoms with Crippen LogP contribution in [0, 0.1) is 11.3 Å². The fourth-order valence-electron chi connectivity index (χ4n) is 2.07. The average Bonchev–Trinajstić information content (AvgIpc) is 2.38. The van der Waals surface area contributed by atoms with Gasteiger partial charge in [0.15, 0.2) is 0 Å². The molecule has 1 aromatic rings. The minimum atomic E-state index is 0.518. The van der Waals surface area contributed by atoms with E-state index in [0.29, 0.717) is 11.6 Å². The first-order chi connectivity index (χ1) is 7.88. The van der Waals surface area contributed by atoms with Crippen molar-refractivity contribution in [2.24, 2.45) is 4.99 Å². The third-order valence-corrected chi connectivity index (χ3v) is 3.05. The summed E-state index contributed by atoms with van der Waals surface area (Å²) in [7, 11) is 0. The van der Waals surface area contributed by atoms with Gasteiger partial charge in [0.2, 0.25) is 0 Å². The summed E-state index contributed by atoms with van der Waals surface area (Å²) in [6.45, 7) is 0. The molecule has 0 aromatic heterocycles. The van der Waals surface area contributed by atoms with E-state index in [-0.39, 0.29) is 0 Å². The van der Waals surface area contributed by atoms with E-state index >= 15 is 0 Å². The van der Waals surface area contributed by atoms with Gasteiger partial charge in [0.1, 0.15) is 0 Å². The van der Waals surface area contributed by atoms with Gasteiger partial charge in [-0.2, -0.15) is 5.26 Å². The molecule has 2 heteroatoms. The van der Waals surface area contributed by atoms with Gasteiger partial charge in [-0.3, -0.25) is 4.99 Å². The Labute approximate surface area is 96.6 Å². The first-order valence-corrected chi connectivity index (χ1v) is 5.92. The molecule has 0 spiro atoms. The van der Waals surface area contributed by atoms with Crippen LogP contribution in [-0.4, -0.2) is 12.3 Å². The number of benzene rings is 1. The Morgan fingerprint density at radius 3 is 2.44 bits per heavy atom. The van der Waals surface area contributed by atoms with E-state index in [4.69, 9.17) is 5.26 Å². The summed E-state index contributed by atoms with van der Waals surface area (Å²) in [5.41, 5.74) is 1.79. The second kappa shape index (κ2) is 5.46. The maximum Gasteiger partial charge on any atom is 0.0991 e. The number of hydrogen-bond donors (Lipinski definition) is 0. The van der Waals surface area contributed by atoms with Crippen LogP contribution < -0.4 is 0 Å². The van der Waals surface area contributed by atoms with Crippen LogP contribution in [-0.2, 0) is 0 Å². The van der Waals surface area contributed by atoms with E-state index in [1.807, 2.05) is 30.5 Å². The first kappa shape index (κ1) is 10.9. The molecule has 0 saturated heterocycles. The lowest BCUT2D eigenvalue weighted by Gasteiger charge is -2.16. The number of nitriles is 1. The van der Waals surface area contributed by atoms with Gasteiger partial charge in [0.05, 0.1) is 11.6 Å². The SMILES string of the molecule is N#Cc1ccc(C=NC2CCCCC2)cc1. The molecular formula is C14H16N2. The molecule has 0 bridgehead atoms. The second-order valence-electron chi connectivity index (χ2n) is 4.30. The van der Waals surface area contributed by atoms with E-state index in [9.17, 15) is 0 Å². The van der Waals surface area contributed by atoms with E-state index in [0.717, 1.165) is 5.56 Å². The van der Waals surface area contributed by atoms with Crippen molar-refractivity contribution in [3.63, 3.8) is 0 Å². The third-order valence-electron chi connectivity index (χ3n) is 3.05. The molecule has 0 heterocycles. The molecule has 16 heavy (non-hydrogen) atoms. The Balaban J connectivity index is 1.97. The molecule has 0 radical (unpaired) electrons. The Bertz CT molecular complexity index is 392. The first-order valence-electron chi connectivity index (χ1n) is 5.92. The predicted molar refractivity (Wildman–Crippen MR) is 65.6 cm³/mol. The average molecular weight is 212 g/mol. The lowest BCUT2D eigenvalue weighted by Crippen LogP contribution is -2.09. The summed E-state index contributed by atoms with van der Waals surface area (Å²) >= 11 is 0. The Hall–Kier alpha value is -1.62. The standard InChI is InChI=1S/C14H16N2/c15-10-12-6-8-13(9-7-12)11-16-14-4-2-1-3-5-14/h6-9,11,14H,1-5H2. The summed E-state index contributed by atoms with van der Waals surface area (Å²) in [5.74, 6) is 0. The van der Waals surface area contributed by atoms with Crippen molar-refractivity contribution in [3.8, 4) is 6.07 Å². The van der Waals surface area contributed by atoms with Crippen LogP contribution in [0.2, 0.25) is 0 Å². The quantitative estimate of drug-likeness (QED) is 0.693. The maximum absolute atomic E-state index is 8.68. The van der Waals surface area contributed by atoms with Crippen molar-refractivity contribution in [2.75, 3.05) is 0 Å². The largest absolute Gasteiger partial charge is 0.289 e. The van der Waals surface area contributed by atoms with Crippen LogP contribution in [0.25, 0.3) is 0 Å². The van der Waals surface area contributed by atoms with Gasteiger partial charge in [-0.1, -0.05) is 31.4 Å². The van der Waals surface area contributed by atoms with Gasteiger partial charge in [-0.15, -0.1) is 0 Å².